The lowest BCUT2D eigenvalue weighted by atomic mass is 9.98. The maximum atomic E-state index is 12.9. The number of ether oxygens (including phenoxy) is 1. The van der Waals surface area contributed by atoms with Gasteiger partial charge in [-0.3, -0.25) is 0 Å². The van der Waals surface area contributed by atoms with E-state index in [1.807, 2.05) is 6.07 Å². The molecule has 0 radical (unpaired) electrons. The molecule has 0 aromatic heterocycles. The van der Waals surface area contributed by atoms with E-state index >= 15 is 0 Å². The first kappa shape index (κ1) is 18.4. The Labute approximate surface area is 128 Å². The first-order chi connectivity index (χ1) is 10.5. The van der Waals surface area contributed by atoms with Crippen molar-refractivity contribution in [2.45, 2.75) is 19.0 Å². The monoisotopic (exact) mass is 318 g/mol. The van der Waals surface area contributed by atoms with Gasteiger partial charge >= 0.3 is 6.18 Å². The van der Waals surface area contributed by atoms with Crippen LogP contribution < -0.4 is 5.73 Å². The first-order valence-electron chi connectivity index (χ1n) is 6.99. The minimum atomic E-state index is -4.30. The highest BCUT2D eigenvalue weighted by Crippen LogP contribution is 2.30. The quantitative estimate of drug-likeness (QED) is 0.433. The van der Waals surface area contributed by atoms with Crippen molar-refractivity contribution in [2.24, 2.45) is 16.8 Å². The zero-order valence-corrected chi connectivity index (χ0v) is 12.5. The summed E-state index contributed by atoms with van der Waals surface area (Å²) in [5, 5.41) is 3.93. The van der Waals surface area contributed by atoms with Crippen LogP contribution in [0, 0.1) is 5.92 Å². The summed E-state index contributed by atoms with van der Waals surface area (Å²) in [5.41, 5.74) is 6.52. The van der Waals surface area contributed by atoms with Crippen molar-refractivity contribution in [2.75, 3.05) is 26.9 Å². The SMILES string of the molecule is COCC(CCC(=NOCCN)c1ccccc1)C(F)(F)F. The molecule has 7 heteroatoms. The van der Waals surface area contributed by atoms with Crippen molar-refractivity contribution in [3.05, 3.63) is 35.9 Å². The zero-order chi connectivity index (χ0) is 16.4. The highest BCUT2D eigenvalue weighted by Gasteiger charge is 2.39. The van der Waals surface area contributed by atoms with Crippen LogP contribution in [-0.2, 0) is 9.57 Å². The summed E-state index contributed by atoms with van der Waals surface area (Å²) in [6.07, 6.45) is -4.27. The normalized spacial score (nSPS) is 14.0. The van der Waals surface area contributed by atoms with Crippen LogP contribution in [0.25, 0.3) is 0 Å². The number of hydrogen-bond donors (Lipinski definition) is 1. The molecule has 4 nitrogen and oxygen atoms in total. The number of benzene rings is 1. The molecule has 0 fully saturated rings. The van der Waals surface area contributed by atoms with Crippen molar-refractivity contribution in [3.8, 4) is 0 Å². The van der Waals surface area contributed by atoms with Gasteiger partial charge < -0.3 is 15.3 Å². The number of halogens is 3. The molecule has 1 atom stereocenters. The molecule has 0 aliphatic carbocycles. The molecule has 0 aliphatic heterocycles. The zero-order valence-electron chi connectivity index (χ0n) is 12.5. The van der Waals surface area contributed by atoms with Crippen molar-refractivity contribution in [1.82, 2.24) is 0 Å². The van der Waals surface area contributed by atoms with Gasteiger partial charge in [-0.1, -0.05) is 35.5 Å². The second-order valence-corrected chi connectivity index (χ2v) is 4.76. The summed E-state index contributed by atoms with van der Waals surface area (Å²) >= 11 is 0. The maximum absolute atomic E-state index is 12.9. The second-order valence-electron chi connectivity index (χ2n) is 4.76. The van der Waals surface area contributed by atoms with Crippen LogP contribution in [0.15, 0.2) is 35.5 Å². The Morgan fingerprint density at radius 3 is 2.50 bits per heavy atom. The topological polar surface area (TPSA) is 56.8 Å². The van der Waals surface area contributed by atoms with E-state index in [0.717, 1.165) is 5.56 Å². The molecule has 0 heterocycles. The van der Waals surface area contributed by atoms with Crippen molar-refractivity contribution < 1.29 is 22.7 Å². The standard InChI is InChI=1S/C15H21F3N2O2/c1-21-11-13(15(16,17)18)7-8-14(20-22-10-9-19)12-5-3-2-4-6-12/h2-6,13H,7-11,19H2,1H3. The Balaban J connectivity index is 2.78. The fourth-order valence-corrected chi connectivity index (χ4v) is 1.90. The number of methoxy groups -OCH3 is 1. The van der Waals surface area contributed by atoms with Gasteiger partial charge in [0.05, 0.1) is 18.2 Å². The Hall–Kier alpha value is -1.60. The Kier molecular flexibility index (Phi) is 7.90. The summed E-state index contributed by atoms with van der Waals surface area (Å²) < 4.78 is 43.4. The Morgan fingerprint density at radius 2 is 1.95 bits per heavy atom. The smallest absolute Gasteiger partial charge is 0.394 e. The molecular weight excluding hydrogens is 297 g/mol. The van der Waals surface area contributed by atoms with E-state index in [2.05, 4.69) is 9.89 Å². The van der Waals surface area contributed by atoms with Crippen LogP contribution in [0.5, 0.6) is 0 Å². The van der Waals surface area contributed by atoms with Crippen LogP contribution in [-0.4, -0.2) is 38.8 Å². The largest absolute Gasteiger partial charge is 0.394 e. The minimum Gasteiger partial charge on any atom is -0.394 e. The van der Waals surface area contributed by atoms with Gasteiger partial charge in [0.2, 0.25) is 0 Å². The molecule has 22 heavy (non-hydrogen) atoms. The average Bonchev–Trinajstić information content (AvgIpc) is 2.49. The predicted octanol–water partition coefficient (Wildman–Crippen LogP) is 2.97. The van der Waals surface area contributed by atoms with Gasteiger partial charge in [-0.15, -0.1) is 0 Å². The van der Waals surface area contributed by atoms with Crippen molar-refractivity contribution >= 4 is 5.71 Å². The summed E-state index contributed by atoms with van der Waals surface area (Å²) in [6, 6.07) is 8.98. The molecule has 0 saturated heterocycles. The summed E-state index contributed by atoms with van der Waals surface area (Å²) in [5.74, 6) is -1.53. The summed E-state index contributed by atoms with van der Waals surface area (Å²) in [7, 11) is 1.26. The molecule has 0 saturated carbocycles. The lowest BCUT2D eigenvalue weighted by molar-refractivity contribution is -0.187. The maximum Gasteiger partial charge on any atom is 0.394 e. The third-order valence-electron chi connectivity index (χ3n) is 3.05. The summed E-state index contributed by atoms with van der Waals surface area (Å²) in [6.45, 7) is 0.146. The van der Waals surface area contributed by atoms with Crippen LogP contribution in [0.2, 0.25) is 0 Å². The fraction of sp³-hybridized carbons (Fsp3) is 0.533. The molecule has 0 spiro atoms. The average molecular weight is 318 g/mol. The highest BCUT2D eigenvalue weighted by atomic mass is 19.4. The Bertz CT molecular complexity index is 450. The van der Waals surface area contributed by atoms with Gasteiger partial charge in [0.1, 0.15) is 6.61 Å². The third-order valence-corrected chi connectivity index (χ3v) is 3.05. The van der Waals surface area contributed by atoms with Crippen LogP contribution in [0.3, 0.4) is 0 Å². The fourth-order valence-electron chi connectivity index (χ4n) is 1.90. The van der Waals surface area contributed by atoms with E-state index in [1.54, 1.807) is 24.3 Å². The van der Waals surface area contributed by atoms with Crippen molar-refractivity contribution in [1.29, 1.82) is 0 Å². The number of hydrogen-bond acceptors (Lipinski definition) is 4. The highest BCUT2D eigenvalue weighted by molar-refractivity contribution is 6.00. The first-order valence-corrected chi connectivity index (χ1v) is 6.99. The molecule has 1 aromatic rings. The lowest BCUT2D eigenvalue weighted by Crippen LogP contribution is -2.27. The van der Waals surface area contributed by atoms with E-state index in [-0.39, 0.29) is 26.1 Å². The number of oxime groups is 1. The van der Waals surface area contributed by atoms with Gasteiger partial charge in [0, 0.05) is 13.7 Å². The number of alkyl halides is 3. The number of rotatable bonds is 9. The molecule has 2 N–H and O–H groups in total. The van der Waals surface area contributed by atoms with Gasteiger partial charge in [-0.2, -0.15) is 13.2 Å². The van der Waals surface area contributed by atoms with E-state index in [9.17, 15) is 13.2 Å². The molecule has 1 aromatic carbocycles. The van der Waals surface area contributed by atoms with Gasteiger partial charge in [-0.25, -0.2) is 0 Å². The molecule has 1 rings (SSSR count). The molecule has 0 amide bonds. The molecule has 1 unspecified atom stereocenters. The van der Waals surface area contributed by atoms with Crippen LogP contribution in [0.1, 0.15) is 18.4 Å². The van der Waals surface area contributed by atoms with E-state index < -0.39 is 12.1 Å². The number of nitrogens with zero attached hydrogens (tertiary/aromatic N) is 1. The Morgan fingerprint density at radius 1 is 1.27 bits per heavy atom. The lowest BCUT2D eigenvalue weighted by Gasteiger charge is -2.19. The molecule has 124 valence electrons. The van der Waals surface area contributed by atoms with Gasteiger partial charge in [0.15, 0.2) is 0 Å². The van der Waals surface area contributed by atoms with Gasteiger partial charge in [-0.05, 0) is 18.4 Å². The van der Waals surface area contributed by atoms with E-state index in [4.69, 9.17) is 10.6 Å². The van der Waals surface area contributed by atoms with Gasteiger partial charge in [0.25, 0.3) is 0 Å². The molecule has 0 bridgehead atoms. The predicted molar refractivity (Wildman–Crippen MR) is 78.6 cm³/mol. The van der Waals surface area contributed by atoms with E-state index in [1.165, 1.54) is 7.11 Å². The second kappa shape index (κ2) is 9.42. The van der Waals surface area contributed by atoms with Crippen LogP contribution >= 0.6 is 0 Å². The summed E-state index contributed by atoms with van der Waals surface area (Å²) in [4.78, 5) is 5.03. The minimum absolute atomic E-state index is 0.114. The molecule has 0 aliphatic rings. The van der Waals surface area contributed by atoms with Crippen molar-refractivity contribution in [3.63, 3.8) is 0 Å². The third kappa shape index (κ3) is 6.44. The van der Waals surface area contributed by atoms with Crippen LogP contribution in [0.4, 0.5) is 13.2 Å². The van der Waals surface area contributed by atoms with E-state index in [0.29, 0.717) is 12.3 Å². The molecular formula is C15H21F3N2O2. The number of nitrogens with two attached hydrogens (primary N) is 1.